The predicted octanol–water partition coefficient (Wildman–Crippen LogP) is 4.80. The van der Waals surface area contributed by atoms with Gasteiger partial charge in [-0.15, -0.1) is 0 Å². The summed E-state index contributed by atoms with van der Waals surface area (Å²) < 4.78 is 0. The van der Waals surface area contributed by atoms with E-state index in [0.717, 1.165) is 24.0 Å². The first kappa shape index (κ1) is 13.2. The number of ketones is 1. The Kier molecular flexibility index (Phi) is 5.54. The minimum absolute atomic E-state index is 0.219. The molecule has 0 bridgehead atoms. The molecule has 1 rings (SSSR count). The monoisotopic (exact) mass is 238 g/mol. The van der Waals surface area contributed by atoms with Gasteiger partial charge in [0.2, 0.25) is 0 Å². The van der Waals surface area contributed by atoms with Crippen molar-refractivity contribution in [2.75, 3.05) is 0 Å². The second kappa shape index (κ2) is 6.70. The van der Waals surface area contributed by atoms with E-state index < -0.39 is 0 Å². The van der Waals surface area contributed by atoms with Crippen molar-refractivity contribution >= 4 is 17.4 Å². The maximum Gasteiger partial charge on any atom is 0.163 e. The molecule has 0 aliphatic heterocycles. The van der Waals surface area contributed by atoms with Crippen molar-refractivity contribution in [3.05, 3.63) is 34.3 Å². The number of hydrogen-bond donors (Lipinski definition) is 0. The summed E-state index contributed by atoms with van der Waals surface area (Å²) in [5.41, 5.74) is 1.69. The summed E-state index contributed by atoms with van der Waals surface area (Å²) in [4.78, 5) is 11.9. The van der Waals surface area contributed by atoms with Crippen LogP contribution in [0.3, 0.4) is 0 Å². The van der Waals surface area contributed by atoms with Crippen LogP contribution in [0.5, 0.6) is 0 Å². The van der Waals surface area contributed by atoms with E-state index in [1.54, 1.807) is 0 Å². The Labute approximate surface area is 103 Å². The Hall–Kier alpha value is -0.820. The van der Waals surface area contributed by atoms with Crippen LogP contribution >= 0.6 is 11.6 Å². The summed E-state index contributed by atoms with van der Waals surface area (Å²) in [6.07, 6.45) is 5.17. The van der Waals surface area contributed by atoms with Crippen molar-refractivity contribution < 1.29 is 4.79 Å². The second-order valence-electron chi connectivity index (χ2n) is 4.15. The van der Waals surface area contributed by atoms with Gasteiger partial charge in [-0.25, -0.2) is 0 Å². The average Bonchev–Trinajstić information content (AvgIpc) is 2.28. The summed E-state index contributed by atoms with van der Waals surface area (Å²) in [7, 11) is 0. The van der Waals surface area contributed by atoms with Gasteiger partial charge in [-0.05, 0) is 25.0 Å². The summed E-state index contributed by atoms with van der Waals surface area (Å²) in [5.74, 6) is 0.219. The highest BCUT2D eigenvalue weighted by Crippen LogP contribution is 2.20. The zero-order valence-corrected chi connectivity index (χ0v) is 10.8. The smallest absolute Gasteiger partial charge is 0.163 e. The number of Topliss-reactive ketones (excluding diaryl/α,β-unsaturated/α-hetero) is 1. The first-order valence-corrected chi connectivity index (χ1v) is 6.33. The van der Waals surface area contributed by atoms with E-state index in [0.29, 0.717) is 11.4 Å². The molecule has 88 valence electrons. The molecule has 0 aliphatic carbocycles. The third-order valence-electron chi connectivity index (χ3n) is 2.83. The maximum absolute atomic E-state index is 11.9. The molecule has 1 aromatic rings. The highest BCUT2D eigenvalue weighted by molar-refractivity contribution is 6.31. The molecule has 0 spiro atoms. The number of carbonyl (C=O) groups excluding carboxylic acids is 1. The molecule has 0 aromatic heterocycles. The quantitative estimate of drug-likeness (QED) is 0.514. The third-order valence-corrected chi connectivity index (χ3v) is 3.23. The van der Waals surface area contributed by atoms with Gasteiger partial charge >= 0.3 is 0 Å². The zero-order valence-electron chi connectivity index (χ0n) is 10.1. The lowest BCUT2D eigenvalue weighted by molar-refractivity contribution is 0.0978. The van der Waals surface area contributed by atoms with Gasteiger partial charge < -0.3 is 0 Å². The molecule has 1 nitrogen and oxygen atoms in total. The van der Waals surface area contributed by atoms with Gasteiger partial charge in [-0.1, -0.05) is 49.9 Å². The predicted molar refractivity (Wildman–Crippen MR) is 69.3 cm³/mol. The molecule has 0 amide bonds. The van der Waals surface area contributed by atoms with Crippen LogP contribution in [-0.4, -0.2) is 5.78 Å². The molecule has 16 heavy (non-hydrogen) atoms. The normalized spacial score (nSPS) is 10.4. The maximum atomic E-state index is 11.9. The second-order valence-corrected chi connectivity index (χ2v) is 4.55. The molecular weight excluding hydrogens is 220 g/mol. The fourth-order valence-electron chi connectivity index (χ4n) is 1.76. The van der Waals surface area contributed by atoms with Gasteiger partial charge in [0.25, 0.3) is 0 Å². The van der Waals surface area contributed by atoms with Crippen molar-refractivity contribution in [2.45, 2.75) is 46.0 Å². The Balaban J connectivity index is 2.56. The van der Waals surface area contributed by atoms with Crippen LogP contribution < -0.4 is 0 Å². The number of unbranched alkanes of at least 4 members (excludes halogenated alkanes) is 3. The number of benzene rings is 1. The molecule has 1 aromatic carbocycles. The van der Waals surface area contributed by atoms with Crippen molar-refractivity contribution in [1.82, 2.24) is 0 Å². The largest absolute Gasteiger partial charge is 0.294 e. The van der Waals surface area contributed by atoms with Gasteiger partial charge in [0, 0.05) is 17.0 Å². The molecule has 0 atom stereocenters. The van der Waals surface area contributed by atoms with Crippen LogP contribution in [0.1, 0.15) is 54.9 Å². The molecule has 0 unspecified atom stereocenters. The average molecular weight is 239 g/mol. The Morgan fingerprint density at radius 2 is 2.00 bits per heavy atom. The minimum atomic E-state index is 0.219. The molecule has 2 heteroatoms. The van der Waals surface area contributed by atoms with Crippen molar-refractivity contribution in [2.24, 2.45) is 0 Å². The fourth-order valence-corrected chi connectivity index (χ4v) is 1.93. The molecule has 0 heterocycles. The molecule has 0 saturated heterocycles. The summed E-state index contributed by atoms with van der Waals surface area (Å²) >= 11 is 5.99. The van der Waals surface area contributed by atoms with E-state index in [2.05, 4.69) is 6.92 Å². The van der Waals surface area contributed by atoms with Crippen molar-refractivity contribution in [3.63, 3.8) is 0 Å². The Morgan fingerprint density at radius 1 is 1.25 bits per heavy atom. The number of hydrogen-bond acceptors (Lipinski definition) is 1. The summed E-state index contributed by atoms with van der Waals surface area (Å²) in [6.45, 7) is 4.07. The first-order valence-electron chi connectivity index (χ1n) is 5.95. The van der Waals surface area contributed by atoms with Gasteiger partial charge in [0.15, 0.2) is 5.78 Å². The zero-order chi connectivity index (χ0) is 12.0. The summed E-state index contributed by atoms with van der Waals surface area (Å²) in [6, 6.07) is 5.53. The van der Waals surface area contributed by atoms with Gasteiger partial charge in [0.05, 0.1) is 0 Å². The van der Waals surface area contributed by atoms with E-state index in [1.807, 2.05) is 25.1 Å². The highest BCUT2D eigenvalue weighted by atomic mass is 35.5. The Bertz CT molecular complexity index is 358. The van der Waals surface area contributed by atoms with E-state index in [1.165, 1.54) is 12.8 Å². The lowest BCUT2D eigenvalue weighted by Gasteiger charge is -2.06. The lowest BCUT2D eigenvalue weighted by atomic mass is 10.0. The van der Waals surface area contributed by atoms with E-state index in [9.17, 15) is 4.79 Å². The number of halogens is 1. The van der Waals surface area contributed by atoms with Crippen molar-refractivity contribution in [3.8, 4) is 0 Å². The number of carbonyl (C=O) groups is 1. The minimum Gasteiger partial charge on any atom is -0.294 e. The highest BCUT2D eigenvalue weighted by Gasteiger charge is 2.10. The summed E-state index contributed by atoms with van der Waals surface area (Å²) in [5, 5.41) is 0.680. The van der Waals surface area contributed by atoms with Crippen LogP contribution in [0, 0.1) is 6.92 Å². The third kappa shape index (κ3) is 3.64. The van der Waals surface area contributed by atoms with Crippen LogP contribution in [-0.2, 0) is 0 Å². The van der Waals surface area contributed by atoms with E-state index >= 15 is 0 Å². The van der Waals surface area contributed by atoms with Crippen LogP contribution in [0.2, 0.25) is 5.02 Å². The SMILES string of the molecule is CCCCCCC(=O)c1cccc(Cl)c1C. The molecular formula is C14H19ClO. The number of rotatable bonds is 6. The van der Waals surface area contributed by atoms with E-state index in [-0.39, 0.29) is 5.78 Å². The molecule has 0 saturated carbocycles. The topological polar surface area (TPSA) is 17.1 Å². The standard InChI is InChI=1S/C14H19ClO/c1-3-4-5-6-10-14(16)12-8-7-9-13(15)11(12)2/h7-9H,3-6,10H2,1-2H3. The molecule has 0 fully saturated rings. The molecule has 0 aliphatic rings. The van der Waals surface area contributed by atoms with Gasteiger partial charge in [-0.2, -0.15) is 0 Å². The lowest BCUT2D eigenvalue weighted by Crippen LogP contribution is -2.01. The van der Waals surface area contributed by atoms with Gasteiger partial charge in [0.1, 0.15) is 0 Å². The van der Waals surface area contributed by atoms with Crippen LogP contribution in [0.4, 0.5) is 0 Å². The Morgan fingerprint density at radius 3 is 2.69 bits per heavy atom. The van der Waals surface area contributed by atoms with Crippen LogP contribution in [0.25, 0.3) is 0 Å². The van der Waals surface area contributed by atoms with Crippen molar-refractivity contribution in [1.29, 1.82) is 0 Å². The first-order chi connectivity index (χ1) is 7.66. The van der Waals surface area contributed by atoms with E-state index in [4.69, 9.17) is 11.6 Å². The molecule has 0 radical (unpaired) electrons. The van der Waals surface area contributed by atoms with Gasteiger partial charge in [-0.3, -0.25) is 4.79 Å². The van der Waals surface area contributed by atoms with Crippen LogP contribution in [0.15, 0.2) is 18.2 Å². The fraction of sp³-hybridized carbons (Fsp3) is 0.500. The molecule has 0 N–H and O–H groups in total.